The molecule has 0 saturated carbocycles. The molecule has 3 heteroatoms. The summed E-state index contributed by atoms with van der Waals surface area (Å²) in [5.41, 5.74) is 5.16. The average molecular weight is 267 g/mol. The highest BCUT2D eigenvalue weighted by molar-refractivity contribution is 5.14. The fourth-order valence-electron chi connectivity index (χ4n) is 0.849. The Labute approximate surface area is 84.1 Å². The van der Waals surface area contributed by atoms with Crippen LogP contribution in [0.3, 0.4) is 0 Å². The highest BCUT2D eigenvalue weighted by Crippen LogP contribution is 1.96. The number of hydrogen-bond donors (Lipinski definition) is 1. The van der Waals surface area contributed by atoms with E-state index in [-0.39, 0.29) is 29.5 Å². The van der Waals surface area contributed by atoms with E-state index in [1.807, 2.05) is 6.07 Å². The highest BCUT2D eigenvalue weighted by Gasteiger charge is 1.86. The van der Waals surface area contributed by atoms with Crippen molar-refractivity contribution in [2.45, 2.75) is 6.42 Å². The van der Waals surface area contributed by atoms with Crippen LogP contribution in [-0.4, -0.2) is 12.0 Å². The maximum absolute atomic E-state index is 3.78. The molecule has 5 N–H and O–H groups in total. The lowest BCUT2D eigenvalue weighted by Crippen LogP contribution is -3.00. The maximum atomic E-state index is 3.78. The van der Waals surface area contributed by atoms with Gasteiger partial charge < -0.3 is 35.2 Å². The smallest absolute Gasteiger partial charge is 0.0780 e. The third kappa shape index (κ3) is 5.17. The van der Waals surface area contributed by atoms with Crippen LogP contribution in [0.15, 0.2) is 30.3 Å². The van der Waals surface area contributed by atoms with Gasteiger partial charge in [-0.15, -0.1) is 0 Å². The molecule has 0 saturated heterocycles. The Kier molecular flexibility index (Phi) is 9.75. The van der Waals surface area contributed by atoms with Crippen LogP contribution in [0, 0.1) is 0 Å². The predicted octanol–water partition coefficient (Wildman–Crippen LogP) is -3.35. The first-order chi connectivity index (χ1) is 4.43. The molecule has 0 atom stereocenters. The summed E-state index contributed by atoms with van der Waals surface area (Å²) in [5.74, 6) is 0. The summed E-state index contributed by atoms with van der Waals surface area (Å²) in [6, 6.07) is 10.4. The zero-order chi connectivity index (χ0) is 6.53. The molecule has 0 radical (unpaired) electrons. The summed E-state index contributed by atoms with van der Waals surface area (Å²) in [5, 5.41) is 0. The van der Waals surface area contributed by atoms with E-state index in [4.69, 9.17) is 0 Å². The van der Waals surface area contributed by atoms with Crippen molar-refractivity contribution in [3.8, 4) is 0 Å². The molecule has 64 valence electrons. The van der Waals surface area contributed by atoms with Crippen molar-refractivity contribution in [3.05, 3.63) is 35.9 Å². The molecule has 0 aromatic heterocycles. The van der Waals surface area contributed by atoms with Crippen molar-refractivity contribution < 1.29 is 35.2 Å². The molecule has 11 heavy (non-hydrogen) atoms. The second kappa shape index (κ2) is 7.97. The summed E-state index contributed by atoms with van der Waals surface area (Å²) >= 11 is 0. The molecule has 0 spiro atoms. The van der Waals surface area contributed by atoms with E-state index in [9.17, 15) is 0 Å². The highest BCUT2D eigenvalue weighted by atomic mass is 127. The molecule has 0 unspecified atom stereocenters. The van der Waals surface area contributed by atoms with Gasteiger partial charge in [-0.05, 0) is 5.56 Å². The lowest BCUT2D eigenvalue weighted by molar-refractivity contribution is -0.366. The number of hydrogen-bond acceptors (Lipinski definition) is 0. The Morgan fingerprint density at radius 3 is 2.09 bits per heavy atom. The molecule has 1 aromatic carbocycles. The minimum atomic E-state index is 0. The monoisotopic (exact) mass is 267 g/mol. The van der Waals surface area contributed by atoms with Gasteiger partial charge in [-0.3, -0.25) is 0 Å². The standard InChI is InChI=1S/C8H11N.HI.H2O/c9-7-6-8-4-2-1-3-5-8;;/h1-5H,6-7,9H2;1H;1H2. The normalized spacial score (nSPS) is 7.73. The van der Waals surface area contributed by atoms with Gasteiger partial charge in [0.1, 0.15) is 0 Å². The minimum Gasteiger partial charge on any atom is -1.00 e. The van der Waals surface area contributed by atoms with Crippen molar-refractivity contribution >= 4 is 0 Å². The van der Waals surface area contributed by atoms with Gasteiger partial charge in [0.25, 0.3) is 0 Å². The SMILES string of the molecule is O.[I-].[NH3+]CCc1ccccc1. The molecule has 0 aliphatic rings. The van der Waals surface area contributed by atoms with Crippen LogP contribution in [-0.2, 0) is 6.42 Å². The summed E-state index contributed by atoms with van der Waals surface area (Å²) in [7, 11) is 0. The van der Waals surface area contributed by atoms with Gasteiger partial charge in [0, 0.05) is 6.42 Å². The molecule has 2 nitrogen and oxygen atoms in total. The Hall–Kier alpha value is -0.130. The second-order valence-electron chi connectivity index (χ2n) is 2.09. The van der Waals surface area contributed by atoms with Gasteiger partial charge in [0.2, 0.25) is 0 Å². The first kappa shape index (κ1) is 13.5. The van der Waals surface area contributed by atoms with Gasteiger partial charge in [-0.2, -0.15) is 0 Å². The minimum absolute atomic E-state index is 0. The van der Waals surface area contributed by atoms with Gasteiger partial charge in [0.05, 0.1) is 6.54 Å². The lowest BCUT2D eigenvalue weighted by atomic mass is 10.2. The molecule has 0 amide bonds. The molecule has 0 aliphatic carbocycles. The van der Waals surface area contributed by atoms with Crippen LogP contribution in [0.25, 0.3) is 0 Å². The van der Waals surface area contributed by atoms with Crippen molar-refractivity contribution in [1.82, 2.24) is 0 Å². The second-order valence-corrected chi connectivity index (χ2v) is 2.09. The van der Waals surface area contributed by atoms with Crippen LogP contribution in [0.5, 0.6) is 0 Å². The Bertz CT molecular complexity index is 167. The van der Waals surface area contributed by atoms with Crippen molar-refractivity contribution in [2.24, 2.45) is 0 Å². The van der Waals surface area contributed by atoms with Crippen LogP contribution >= 0.6 is 0 Å². The van der Waals surface area contributed by atoms with E-state index in [0.29, 0.717) is 0 Å². The maximum Gasteiger partial charge on any atom is 0.0780 e. The number of quaternary nitrogens is 1. The Morgan fingerprint density at radius 2 is 1.64 bits per heavy atom. The average Bonchev–Trinajstić information content (AvgIpc) is 1.91. The van der Waals surface area contributed by atoms with Crippen molar-refractivity contribution in [3.63, 3.8) is 0 Å². The van der Waals surface area contributed by atoms with Crippen molar-refractivity contribution in [2.75, 3.05) is 6.54 Å². The van der Waals surface area contributed by atoms with E-state index in [1.165, 1.54) is 5.56 Å². The zero-order valence-electron chi connectivity index (χ0n) is 6.39. The zero-order valence-corrected chi connectivity index (χ0v) is 8.54. The van der Waals surface area contributed by atoms with E-state index in [0.717, 1.165) is 13.0 Å². The molecule has 1 rings (SSSR count). The number of rotatable bonds is 2. The largest absolute Gasteiger partial charge is 1.00 e. The van der Waals surface area contributed by atoms with Crippen LogP contribution in [0.4, 0.5) is 0 Å². The topological polar surface area (TPSA) is 59.1 Å². The quantitative estimate of drug-likeness (QED) is 0.544. The van der Waals surface area contributed by atoms with Gasteiger partial charge in [-0.25, -0.2) is 0 Å². The van der Waals surface area contributed by atoms with Crippen molar-refractivity contribution in [1.29, 1.82) is 0 Å². The molecular formula is C8H14INO. The van der Waals surface area contributed by atoms with E-state index < -0.39 is 0 Å². The van der Waals surface area contributed by atoms with E-state index in [2.05, 4.69) is 30.0 Å². The Balaban J connectivity index is 0. The fourth-order valence-corrected chi connectivity index (χ4v) is 0.849. The number of benzene rings is 1. The molecule has 0 fully saturated rings. The van der Waals surface area contributed by atoms with Crippen LogP contribution in [0.2, 0.25) is 0 Å². The summed E-state index contributed by atoms with van der Waals surface area (Å²) < 4.78 is 0. The Morgan fingerprint density at radius 1 is 1.09 bits per heavy atom. The summed E-state index contributed by atoms with van der Waals surface area (Å²) in [4.78, 5) is 0. The fraction of sp³-hybridized carbons (Fsp3) is 0.250. The first-order valence-electron chi connectivity index (χ1n) is 3.26. The van der Waals surface area contributed by atoms with Crippen LogP contribution in [0.1, 0.15) is 5.56 Å². The molecule has 0 heterocycles. The number of halogens is 1. The van der Waals surface area contributed by atoms with Gasteiger partial charge >= 0.3 is 0 Å². The molecular weight excluding hydrogens is 253 g/mol. The van der Waals surface area contributed by atoms with E-state index in [1.54, 1.807) is 0 Å². The summed E-state index contributed by atoms with van der Waals surface area (Å²) in [6.07, 6.45) is 1.10. The lowest BCUT2D eigenvalue weighted by Gasteiger charge is -1.92. The third-order valence-electron chi connectivity index (χ3n) is 1.31. The molecule has 0 aliphatic heterocycles. The summed E-state index contributed by atoms with van der Waals surface area (Å²) in [6.45, 7) is 0.990. The third-order valence-corrected chi connectivity index (χ3v) is 1.31. The molecule has 1 aromatic rings. The van der Waals surface area contributed by atoms with Gasteiger partial charge in [0.15, 0.2) is 0 Å². The first-order valence-corrected chi connectivity index (χ1v) is 3.26. The van der Waals surface area contributed by atoms with Crippen LogP contribution < -0.4 is 29.7 Å². The van der Waals surface area contributed by atoms with Gasteiger partial charge in [-0.1, -0.05) is 30.3 Å². The predicted molar refractivity (Wildman–Crippen MR) is 41.5 cm³/mol. The molecule has 0 bridgehead atoms. The van der Waals surface area contributed by atoms with E-state index >= 15 is 0 Å².